The Morgan fingerprint density at radius 1 is 0.684 bits per heavy atom. The van der Waals surface area contributed by atoms with Gasteiger partial charge in [-0.15, -0.1) is 0 Å². The Labute approximate surface area is 123 Å². The van der Waals surface area contributed by atoms with E-state index in [-0.39, 0.29) is 0 Å². The minimum atomic E-state index is 0.887. The third kappa shape index (κ3) is 15.7. The summed E-state index contributed by atoms with van der Waals surface area (Å²) in [7, 11) is 0. The molecule has 1 unspecified atom stereocenters. The molecule has 0 fully saturated rings. The van der Waals surface area contributed by atoms with Crippen molar-refractivity contribution in [1.29, 1.82) is 0 Å². The zero-order valence-electron chi connectivity index (χ0n) is 13.9. The molecule has 0 heteroatoms. The van der Waals surface area contributed by atoms with Crippen LogP contribution in [-0.4, -0.2) is 0 Å². The van der Waals surface area contributed by atoms with Gasteiger partial charge in [-0.1, -0.05) is 97.1 Å². The van der Waals surface area contributed by atoms with E-state index in [0.717, 1.165) is 5.92 Å². The van der Waals surface area contributed by atoms with Gasteiger partial charge in [0.15, 0.2) is 0 Å². The van der Waals surface area contributed by atoms with E-state index in [1.165, 1.54) is 83.5 Å². The highest BCUT2D eigenvalue weighted by atomic mass is 14.0. The number of hydrogen-bond donors (Lipinski definition) is 0. The van der Waals surface area contributed by atoms with Crippen molar-refractivity contribution in [3.05, 3.63) is 12.2 Å². The number of rotatable bonds is 14. The van der Waals surface area contributed by atoms with Gasteiger partial charge in [-0.05, 0) is 25.2 Å². The summed E-state index contributed by atoms with van der Waals surface area (Å²) < 4.78 is 0. The summed E-state index contributed by atoms with van der Waals surface area (Å²) in [6.45, 7) is 6.97. The number of allylic oxidation sites excluding steroid dienone is 2. The first kappa shape index (κ1) is 18.7. The first-order valence-corrected chi connectivity index (χ1v) is 8.96. The van der Waals surface area contributed by atoms with Crippen LogP contribution < -0.4 is 0 Å². The molecule has 0 aliphatic heterocycles. The van der Waals surface area contributed by atoms with E-state index in [4.69, 9.17) is 0 Å². The molecule has 0 bridgehead atoms. The van der Waals surface area contributed by atoms with Gasteiger partial charge in [0.2, 0.25) is 0 Å². The Hall–Kier alpha value is -0.260. The fourth-order valence-electron chi connectivity index (χ4n) is 2.53. The van der Waals surface area contributed by atoms with Gasteiger partial charge in [0, 0.05) is 0 Å². The molecule has 0 aliphatic carbocycles. The minimum absolute atomic E-state index is 0.887. The average molecular weight is 267 g/mol. The standard InChI is InChI=1S/C19H38/c1-4-6-8-10-11-12-13-14-16-18-19(3)17-15-9-7-5-2/h14,16,19H,4-13,15,17-18H2,1-3H3. The summed E-state index contributed by atoms with van der Waals surface area (Å²) in [5.41, 5.74) is 0. The zero-order chi connectivity index (χ0) is 14.2. The van der Waals surface area contributed by atoms with E-state index in [9.17, 15) is 0 Å². The molecular weight excluding hydrogens is 228 g/mol. The van der Waals surface area contributed by atoms with Crippen molar-refractivity contribution < 1.29 is 0 Å². The largest absolute Gasteiger partial charge is 0.0885 e. The van der Waals surface area contributed by atoms with Crippen molar-refractivity contribution in [3.63, 3.8) is 0 Å². The molecule has 0 N–H and O–H groups in total. The van der Waals surface area contributed by atoms with E-state index in [1.807, 2.05) is 0 Å². The molecule has 0 spiro atoms. The second-order valence-corrected chi connectivity index (χ2v) is 6.22. The summed E-state index contributed by atoms with van der Waals surface area (Å²) in [5, 5.41) is 0. The van der Waals surface area contributed by atoms with Gasteiger partial charge >= 0.3 is 0 Å². The summed E-state index contributed by atoms with van der Waals surface area (Å²) in [6, 6.07) is 0. The van der Waals surface area contributed by atoms with Crippen LogP contribution in [0, 0.1) is 5.92 Å². The normalized spacial score (nSPS) is 13.2. The van der Waals surface area contributed by atoms with Crippen LogP contribution in [0.3, 0.4) is 0 Å². The molecule has 19 heavy (non-hydrogen) atoms. The quantitative estimate of drug-likeness (QED) is 0.229. The van der Waals surface area contributed by atoms with Crippen LogP contribution >= 0.6 is 0 Å². The molecule has 0 radical (unpaired) electrons. The van der Waals surface area contributed by atoms with E-state index < -0.39 is 0 Å². The Balaban J connectivity index is 3.22. The molecule has 0 aromatic carbocycles. The van der Waals surface area contributed by atoms with Crippen LogP contribution in [0.2, 0.25) is 0 Å². The van der Waals surface area contributed by atoms with Crippen molar-refractivity contribution in [3.8, 4) is 0 Å². The van der Waals surface area contributed by atoms with Crippen molar-refractivity contribution in [1.82, 2.24) is 0 Å². The SMILES string of the molecule is CCCCCCCCC=CCC(C)CCCCCC. The maximum Gasteiger partial charge on any atom is -0.0325 e. The van der Waals surface area contributed by atoms with Gasteiger partial charge < -0.3 is 0 Å². The van der Waals surface area contributed by atoms with Crippen LogP contribution in [-0.2, 0) is 0 Å². The molecule has 114 valence electrons. The molecular formula is C19H38. The molecule has 1 atom stereocenters. The van der Waals surface area contributed by atoms with Gasteiger partial charge in [-0.25, -0.2) is 0 Å². The van der Waals surface area contributed by atoms with Crippen LogP contribution in [0.1, 0.15) is 104 Å². The lowest BCUT2D eigenvalue weighted by Crippen LogP contribution is -1.92. The second kappa shape index (κ2) is 15.8. The van der Waals surface area contributed by atoms with E-state index in [0.29, 0.717) is 0 Å². The number of unbranched alkanes of at least 4 members (excludes halogenated alkanes) is 9. The van der Waals surface area contributed by atoms with Gasteiger partial charge in [-0.2, -0.15) is 0 Å². The highest BCUT2D eigenvalue weighted by Gasteiger charge is 1.98. The molecule has 0 aromatic rings. The van der Waals surface area contributed by atoms with E-state index in [2.05, 4.69) is 32.9 Å². The first-order valence-electron chi connectivity index (χ1n) is 8.96. The predicted octanol–water partition coefficient (Wildman–Crippen LogP) is 7.29. The number of hydrogen-bond acceptors (Lipinski definition) is 0. The van der Waals surface area contributed by atoms with Gasteiger partial charge in [0.1, 0.15) is 0 Å². The van der Waals surface area contributed by atoms with Crippen LogP contribution in [0.4, 0.5) is 0 Å². The molecule has 0 aliphatic rings. The monoisotopic (exact) mass is 266 g/mol. The highest BCUT2D eigenvalue weighted by molar-refractivity contribution is 4.83. The average Bonchev–Trinajstić information content (AvgIpc) is 2.42. The lowest BCUT2D eigenvalue weighted by atomic mass is 9.99. The van der Waals surface area contributed by atoms with Crippen molar-refractivity contribution in [2.75, 3.05) is 0 Å². The molecule has 0 aromatic heterocycles. The molecule has 0 saturated heterocycles. The first-order chi connectivity index (χ1) is 9.31. The molecule has 0 saturated carbocycles. The second-order valence-electron chi connectivity index (χ2n) is 6.22. The Morgan fingerprint density at radius 3 is 1.95 bits per heavy atom. The lowest BCUT2D eigenvalue weighted by molar-refractivity contribution is 0.493. The fourth-order valence-corrected chi connectivity index (χ4v) is 2.53. The van der Waals surface area contributed by atoms with Crippen LogP contribution in [0.25, 0.3) is 0 Å². The summed E-state index contributed by atoms with van der Waals surface area (Å²) >= 11 is 0. The molecule has 0 rings (SSSR count). The zero-order valence-corrected chi connectivity index (χ0v) is 13.9. The van der Waals surface area contributed by atoms with Gasteiger partial charge in [0.05, 0.1) is 0 Å². The summed E-state index contributed by atoms with van der Waals surface area (Å²) in [6.07, 6.45) is 23.0. The lowest BCUT2D eigenvalue weighted by Gasteiger charge is -2.07. The maximum absolute atomic E-state index is 2.43. The maximum atomic E-state index is 2.43. The van der Waals surface area contributed by atoms with Crippen LogP contribution in [0.15, 0.2) is 12.2 Å². The third-order valence-corrected chi connectivity index (χ3v) is 3.98. The Bertz CT molecular complexity index is 180. The van der Waals surface area contributed by atoms with Crippen molar-refractivity contribution >= 4 is 0 Å². The molecule has 0 nitrogen and oxygen atoms in total. The van der Waals surface area contributed by atoms with Crippen molar-refractivity contribution in [2.45, 2.75) is 104 Å². The minimum Gasteiger partial charge on any atom is -0.0885 e. The van der Waals surface area contributed by atoms with Crippen LogP contribution in [0.5, 0.6) is 0 Å². The van der Waals surface area contributed by atoms with Gasteiger partial charge in [-0.3, -0.25) is 0 Å². The Kier molecular flexibility index (Phi) is 15.6. The molecule has 0 heterocycles. The summed E-state index contributed by atoms with van der Waals surface area (Å²) in [5.74, 6) is 0.887. The van der Waals surface area contributed by atoms with E-state index >= 15 is 0 Å². The van der Waals surface area contributed by atoms with Crippen molar-refractivity contribution in [2.24, 2.45) is 5.92 Å². The highest BCUT2D eigenvalue weighted by Crippen LogP contribution is 2.14. The van der Waals surface area contributed by atoms with E-state index in [1.54, 1.807) is 0 Å². The summed E-state index contributed by atoms with van der Waals surface area (Å²) in [4.78, 5) is 0. The third-order valence-electron chi connectivity index (χ3n) is 3.98. The molecule has 0 amide bonds. The smallest absolute Gasteiger partial charge is 0.0325 e. The predicted molar refractivity (Wildman–Crippen MR) is 89.7 cm³/mol. The topological polar surface area (TPSA) is 0 Å². The fraction of sp³-hybridized carbons (Fsp3) is 0.895. The van der Waals surface area contributed by atoms with Gasteiger partial charge in [0.25, 0.3) is 0 Å². The Morgan fingerprint density at radius 2 is 1.26 bits per heavy atom.